The summed E-state index contributed by atoms with van der Waals surface area (Å²) in [5.74, 6) is -1.35. The first-order chi connectivity index (χ1) is 16.4. The Morgan fingerprint density at radius 3 is 2.35 bits per heavy atom. The largest absolute Gasteiger partial charge is 0.478 e. The Bertz CT molecular complexity index is 1130. The van der Waals surface area contributed by atoms with Gasteiger partial charge in [-0.2, -0.15) is 0 Å². The fourth-order valence-corrected chi connectivity index (χ4v) is 3.26. The molecule has 3 aromatic rings. The fraction of sp³-hybridized carbons (Fsp3) is 0.192. The van der Waals surface area contributed by atoms with E-state index < -0.39 is 18.1 Å². The standard InChI is InChI=1S/C26H27N3O5/c27-23(13-6-14-28-26(33)34-17-18-7-2-1-3-8-18)24(30)29-22-12-5-10-20(16-22)19-9-4-11-21(15-19)25(31)32/h1-5,7-12,15-16,23H,6,13-14,17,27H2,(H,28,33)(H,29,30)(H,31,32)/t23-/m0/s1. The molecule has 0 saturated carbocycles. The van der Waals surface area contributed by atoms with Gasteiger partial charge in [0.2, 0.25) is 5.91 Å². The van der Waals surface area contributed by atoms with Gasteiger partial charge in [0.25, 0.3) is 0 Å². The maximum Gasteiger partial charge on any atom is 0.407 e. The second kappa shape index (κ2) is 12.2. The van der Waals surface area contributed by atoms with Gasteiger partial charge in [0.15, 0.2) is 0 Å². The second-order valence-corrected chi connectivity index (χ2v) is 7.69. The van der Waals surface area contributed by atoms with Crippen LogP contribution in [-0.4, -0.2) is 35.7 Å². The molecule has 3 rings (SSSR count). The molecule has 0 aliphatic rings. The van der Waals surface area contributed by atoms with Gasteiger partial charge in [-0.3, -0.25) is 4.79 Å². The minimum absolute atomic E-state index is 0.187. The number of amides is 2. The van der Waals surface area contributed by atoms with Gasteiger partial charge in [-0.15, -0.1) is 0 Å². The highest BCUT2D eigenvalue weighted by Gasteiger charge is 2.14. The Kier molecular flexibility index (Phi) is 8.76. The average molecular weight is 462 g/mol. The number of rotatable bonds is 10. The van der Waals surface area contributed by atoms with E-state index in [0.29, 0.717) is 25.1 Å². The minimum Gasteiger partial charge on any atom is -0.478 e. The van der Waals surface area contributed by atoms with Gasteiger partial charge in [0.1, 0.15) is 6.61 Å². The summed E-state index contributed by atoms with van der Waals surface area (Å²) >= 11 is 0. The highest BCUT2D eigenvalue weighted by molar-refractivity contribution is 5.95. The highest BCUT2D eigenvalue weighted by atomic mass is 16.5. The summed E-state index contributed by atoms with van der Waals surface area (Å²) in [5.41, 5.74) is 9.14. The number of carboxylic acid groups (broad SMARTS) is 1. The number of hydrogen-bond donors (Lipinski definition) is 4. The zero-order valence-electron chi connectivity index (χ0n) is 18.6. The summed E-state index contributed by atoms with van der Waals surface area (Å²) in [6, 6.07) is 22.3. The van der Waals surface area contributed by atoms with Crippen LogP contribution in [0.5, 0.6) is 0 Å². The van der Waals surface area contributed by atoms with Crippen molar-refractivity contribution in [3.05, 3.63) is 90.0 Å². The van der Waals surface area contributed by atoms with Crippen molar-refractivity contribution >= 4 is 23.7 Å². The molecule has 2 amide bonds. The monoisotopic (exact) mass is 461 g/mol. The van der Waals surface area contributed by atoms with Gasteiger partial charge in [0, 0.05) is 12.2 Å². The van der Waals surface area contributed by atoms with Crippen LogP contribution in [0.4, 0.5) is 10.5 Å². The van der Waals surface area contributed by atoms with E-state index in [1.807, 2.05) is 36.4 Å². The van der Waals surface area contributed by atoms with Crippen molar-refractivity contribution < 1.29 is 24.2 Å². The van der Waals surface area contributed by atoms with Crippen LogP contribution in [0.1, 0.15) is 28.8 Å². The molecule has 176 valence electrons. The smallest absolute Gasteiger partial charge is 0.407 e. The maximum atomic E-state index is 12.5. The van der Waals surface area contributed by atoms with E-state index >= 15 is 0 Å². The number of carboxylic acids is 1. The number of carbonyl (C=O) groups is 3. The van der Waals surface area contributed by atoms with Crippen molar-refractivity contribution in [3.8, 4) is 11.1 Å². The lowest BCUT2D eigenvalue weighted by Gasteiger charge is -2.13. The van der Waals surface area contributed by atoms with Gasteiger partial charge in [-0.1, -0.05) is 54.6 Å². The molecule has 3 aromatic carbocycles. The van der Waals surface area contributed by atoms with Crippen LogP contribution in [0, 0.1) is 0 Å². The summed E-state index contributed by atoms with van der Waals surface area (Å²) in [6.07, 6.45) is 0.369. The van der Waals surface area contributed by atoms with E-state index in [4.69, 9.17) is 10.5 Å². The fourth-order valence-electron chi connectivity index (χ4n) is 3.26. The first-order valence-corrected chi connectivity index (χ1v) is 10.9. The number of anilines is 1. The molecule has 8 nitrogen and oxygen atoms in total. The molecule has 0 heterocycles. The first kappa shape index (κ1) is 24.5. The lowest BCUT2D eigenvalue weighted by Crippen LogP contribution is -2.36. The molecule has 0 aliphatic heterocycles. The van der Waals surface area contributed by atoms with Gasteiger partial charge in [-0.05, 0) is 53.8 Å². The van der Waals surface area contributed by atoms with Gasteiger partial charge in [-0.25, -0.2) is 9.59 Å². The molecule has 5 N–H and O–H groups in total. The molecule has 0 saturated heterocycles. The van der Waals surface area contributed by atoms with Crippen LogP contribution in [0.2, 0.25) is 0 Å². The Morgan fingerprint density at radius 1 is 0.912 bits per heavy atom. The zero-order chi connectivity index (χ0) is 24.3. The second-order valence-electron chi connectivity index (χ2n) is 7.69. The van der Waals surface area contributed by atoms with Crippen molar-refractivity contribution in [2.45, 2.75) is 25.5 Å². The first-order valence-electron chi connectivity index (χ1n) is 10.9. The van der Waals surface area contributed by atoms with Crippen LogP contribution in [-0.2, 0) is 16.1 Å². The molecule has 0 aliphatic carbocycles. The lowest BCUT2D eigenvalue weighted by molar-refractivity contribution is -0.117. The molecule has 1 atom stereocenters. The van der Waals surface area contributed by atoms with E-state index in [-0.39, 0.29) is 18.1 Å². The Morgan fingerprint density at radius 2 is 1.62 bits per heavy atom. The number of hydrogen-bond acceptors (Lipinski definition) is 5. The SMILES string of the molecule is N[C@@H](CCCNC(=O)OCc1ccccc1)C(=O)Nc1cccc(-c2cccc(C(=O)O)c2)c1. The van der Waals surface area contributed by atoms with E-state index in [1.54, 1.807) is 36.4 Å². The minimum atomic E-state index is -1.00. The molecular weight excluding hydrogens is 434 g/mol. The molecule has 0 unspecified atom stereocenters. The predicted molar refractivity (Wildman–Crippen MR) is 129 cm³/mol. The third-order valence-corrected chi connectivity index (χ3v) is 5.08. The summed E-state index contributed by atoms with van der Waals surface area (Å²) in [6.45, 7) is 0.526. The van der Waals surface area contributed by atoms with E-state index in [0.717, 1.165) is 16.7 Å². The number of nitrogens with two attached hydrogens (primary N) is 1. The lowest BCUT2D eigenvalue weighted by atomic mass is 10.0. The molecule has 8 heteroatoms. The summed E-state index contributed by atoms with van der Waals surface area (Å²) in [7, 11) is 0. The van der Waals surface area contributed by atoms with Crippen LogP contribution < -0.4 is 16.4 Å². The highest BCUT2D eigenvalue weighted by Crippen LogP contribution is 2.24. The van der Waals surface area contributed by atoms with Crippen molar-refractivity contribution in [1.82, 2.24) is 5.32 Å². The van der Waals surface area contributed by atoms with Crippen LogP contribution in [0.25, 0.3) is 11.1 Å². The van der Waals surface area contributed by atoms with E-state index in [1.165, 1.54) is 6.07 Å². The maximum absolute atomic E-state index is 12.5. The predicted octanol–water partition coefficient (Wildman–Crippen LogP) is 4.02. The van der Waals surface area contributed by atoms with Crippen molar-refractivity contribution in [3.63, 3.8) is 0 Å². The zero-order valence-corrected chi connectivity index (χ0v) is 18.6. The topological polar surface area (TPSA) is 131 Å². The molecular formula is C26H27N3O5. The molecule has 0 aromatic heterocycles. The number of ether oxygens (including phenoxy) is 1. The number of aromatic carboxylic acids is 1. The third-order valence-electron chi connectivity index (χ3n) is 5.08. The molecule has 0 bridgehead atoms. The van der Waals surface area contributed by atoms with E-state index in [2.05, 4.69) is 10.6 Å². The number of benzene rings is 3. The van der Waals surface area contributed by atoms with E-state index in [9.17, 15) is 19.5 Å². The number of carbonyl (C=O) groups excluding carboxylic acids is 2. The molecule has 0 radical (unpaired) electrons. The molecule has 0 spiro atoms. The Labute approximate surface area is 197 Å². The summed E-state index contributed by atoms with van der Waals surface area (Å²) < 4.78 is 5.14. The van der Waals surface area contributed by atoms with Gasteiger partial charge < -0.3 is 26.2 Å². The van der Waals surface area contributed by atoms with Crippen LogP contribution in [0.15, 0.2) is 78.9 Å². The Balaban J connectivity index is 1.43. The normalized spacial score (nSPS) is 11.3. The van der Waals surface area contributed by atoms with Crippen molar-refractivity contribution in [1.29, 1.82) is 0 Å². The molecule has 0 fully saturated rings. The Hall–Kier alpha value is -4.17. The van der Waals surface area contributed by atoms with Gasteiger partial charge in [0.05, 0.1) is 11.6 Å². The quantitative estimate of drug-likeness (QED) is 0.337. The third kappa shape index (κ3) is 7.46. The van der Waals surface area contributed by atoms with Crippen molar-refractivity contribution in [2.75, 3.05) is 11.9 Å². The average Bonchev–Trinajstić information content (AvgIpc) is 2.86. The summed E-state index contributed by atoms with van der Waals surface area (Å²) in [4.78, 5) is 35.4. The summed E-state index contributed by atoms with van der Waals surface area (Å²) in [5, 5.41) is 14.6. The van der Waals surface area contributed by atoms with Gasteiger partial charge >= 0.3 is 12.1 Å². The molecule has 34 heavy (non-hydrogen) atoms. The number of nitrogens with one attached hydrogen (secondary N) is 2. The van der Waals surface area contributed by atoms with Crippen LogP contribution in [0.3, 0.4) is 0 Å². The number of alkyl carbamates (subject to hydrolysis) is 1. The van der Waals surface area contributed by atoms with Crippen molar-refractivity contribution in [2.24, 2.45) is 5.73 Å². The van der Waals surface area contributed by atoms with Crippen LogP contribution >= 0.6 is 0 Å².